The summed E-state index contributed by atoms with van der Waals surface area (Å²) >= 11 is 0. The Kier molecular flexibility index (Phi) is 9.55. The normalized spacial score (nSPS) is 11.9. The van der Waals surface area contributed by atoms with Crippen LogP contribution in [-0.4, -0.2) is 20.4 Å². The molecule has 4 N–H and O–H groups in total. The van der Waals surface area contributed by atoms with Gasteiger partial charge in [0.2, 0.25) is 0 Å². The summed E-state index contributed by atoms with van der Waals surface area (Å²) in [5.74, 6) is -2.40. The lowest BCUT2D eigenvalue weighted by atomic mass is 10.0. The van der Waals surface area contributed by atoms with E-state index in [0.29, 0.717) is 21.2 Å². The molecule has 0 saturated heterocycles. The molecule has 52 heavy (non-hydrogen) atoms. The molecule has 0 bridgehead atoms. The average Bonchev–Trinajstić information content (AvgIpc) is 3.05. The monoisotopic (exact) mass is 730 g/mol. The van der Waals surface area contributed by atoms with Gasteiger partial charge in [-0.05, 0) is 128 Å². The number of hydrogen-bond acceptors (Lipinski definition) is 6. The van der Waals surface area contributed by atoms with Crippen LogP contribution < -0.4 is 31.8 Å². The van der Waals surface area contributed by atoms with Crippen LogP contribution in [0.5, 0.6) is 23.0 Å². The van der Waals surface area contributed by atoms with Crippen LogP contribution in [-0.2, 0) is 9.13 Å². The SMILES string of the molecule is Cc1cc(C)cc(P(=O)(c2cc(C)cc(C)c2)c2ccc(O)c(O)c2-c2c(P(=O)(c3cc(C)cc(C)c3)c3cc(C)cc(C)c3)ccc(O)c2O)c1. The van der Waals surface area contributed by atoms with Crippen molar-refractivity contribution in [3.8, 4) is 34.1 Å². The lowest BCUT2D eigenvalue weighted by molar-refractivity contribution is 0.400. The molecular formula is C44H44O6P2. The largest absolute Gasteiger partial charge is 0.504 e. The van der Waals surface area contributed by atoms with Crippen molar-refractivity contribution in [1.29, 1.82) is 0 Å². The highest BCUT2D eigenvalue weighted by atomic mass is 31.2. The zero-order valence-electron chi connectivity index (χ0n) is 30.7. The smallest absolute Gasteiger partial charge is 0.171 e. The van der Waals surface area contributed by atoms with Crippen molar-refractivity contribution in [3.05, 3.63) is 142 Å². The first-order valence-corrected chi connectivity index (χ1v) is 20.5. The van der Waals surface area contributed by atoms with Crippen molar-refractivity contribution < 1.29 is 29.6 Å². The minimum Gasteiger partial charge on any atom is -0.504 e. The van der Waals surface area contributed by atoms with Crippen LogP contribution in [0, 0.1) is 55.4 Å². The molecule has 6 nitrogen and oxygen atoms in total. The van der Waals surface area contributed by atoms with Crippen LogP contribution in [0.3, 0.4) is 0 Å². The summed E-state index contributed by atoms with van der Waals surface area (Å²) in [4.78, 5) is 0. The van der Waals surface area contributed by atoms with Gasteiger partial charge in [0.05, 0.1) is 0 Å². The Labute approximate surface area is 305 Å². The van der Waals surface area contributed by atoms with Crippen molar-refractivity contribution in [2.45, 2.75) is 55.4 Å². The highest BCUT2D eigenvalue weighted by Crippen LogP contribution is 2.55. The van der Waals surface area contributed by atoms with Gasteiger partial charge in [-0.25, -0.2) is 0 Å². The van der Waals surface area contributed by atoms with Crippen molar-refractivity contribution in [2.24, 2.45) is 0 Å². The van der Waals surface area contributed by atoms with E-state index in [0.717, 1.165) is 44.5 Å². The number of aryl methyl sites for hydroxylation is 8. The Morgan fingerprint density at radius 3 is 0.769 bits per heavy atom. The first kappa shape index (κ1) is 36.8. The fraction of sp³-hybridized carbons (Fsp3) is 0.182. The number of phenolic OH excluding ortho intramolecular Hbond substituents is 4. The highest BCUT2D eigenvalue weighted by molar-refractivity contribution is 7.86. The predicted octanol–water partition coefficient (Wildman–Crippen LogP) is 7.92. The summed E-state index contributed by atoms with van der Waals surface area (Å²) in [6.45, 7) is 15.3. The van der Waals surface area contributed by atoms with Crippen LogP contribution in [0.2, 0.25) is 0 Å². The van der Waals surface area contributed by atoms with Gasteiger partial charge in [-0.3, -0.25) is 0 Å². The van der Waals surface area contributed by atoms with E-state index in [2.05, 4.69) is 0 Å². The van der Waals surface area contributed by atoms with Gasteiger partial charge in [-0.1, -0.05) is 68.8 Å². The van der Waals surface area contributed by atoms with Crippen LogP contribution in [0.15, 0.2) is 97.1 Å². The first-order chi connectivity index (χ1) is 24.4. The zero-order chi connectivity index (χ0) is 37.9. The molecular weight excluding hydrogens is 686 g/mol. The summed E-state index contributed by atoms with van der Waals surface area (Å²) < 4.78 is 32.7. The molecule has 266 valence electrons. The summed E-state index contributed by atoms with van der Waals surface area (Å²) in [5, 5.41) is 48.4. The van der Waals surface area contributed by atoms with E-state index in [4.69, 9.17) is 0 Å². The minimum absolute atomic E-state index is 0.104. The van der Waals surface area contributed by atoms with E-state index in [-0.39, 0.29) is 21.7 Å². The second kappa shape index (κ2) is 13.5. The van der Waals surface area contributed by atoms with Crippen LogP contribution in [0.4, 0.5) is 0 Å². The molecule has 0 amide bonds. The average molecular weight is 731 g/mol. The molecule has 0 atom stereocenters. The molecule has 6 aromatic rings. The third kappa shape index (κ3) is 6.36. The fourth-order valence-corrected chi connectivity index (χ4v) is 14.0. The third-order valence-corrected chi connectivity index (χ3v) is 15.5. The van der Waals surface area contributed by atoms with Gasteiger partial charge >= 0.3 is 0 Å². The zero-order valence-corrected chi connectivity index (χ0v) is 32.5. The number of rotatable bonds is 7. The van der Waals surface area contributed by atoms with Crippen molar-refractivity contribution in [1.82, 2.24) is 0 Å². The Hall–Kier alpha value is -5.02. The van der Waals surface area contributed by atoms with Crippen LogP contribution in [0.25, 0.3) is 11.1 Å². The molecule has 0 aliphatic rings. The van der Waals surface area contributed by atoms with Gasteiger partial charge in [0.25, 0.3) is 0 Å². The van der Waals surface area contributed by atoms with E-state index < -0.39 is 37.3 Å². The van der Waals surface area contributed by atoms with E-state index in [1.54, 1.807) is 0 Å². The number of aromatic hydroxyl groups is 4. The third-order valence-electron chi connectivity index (χ3n) is 9.48. The Morgan fingerprint density at radius 2 is 0.558 bits per heavy atom. The maximum atomic E-state index is 16.4. The Balaban J connectivity index is 1.84. The van der Waals surface area contributed by atoms with E-state index in [1.807, 2.05) is 128 Å². The second-order valence-electron chi connectivity index (χ2n) is 14.3. The standard InChI is InChI=1S/C44H44O6P2/c1-25-13-26(2)18-33(17-25)51(49,34-19-27(3)14-28(4)20-34)39-11-9-37(45)43(47)41(39)42-40(12-10-38(46)44(42)48)52(50,35-21-29(5)15-30(6)22-35)36-23-31(7)16-32(8)24-36/h9-24,45-48H,1-8H3. The summed E-state index contributed by atoms with van der Waals surface area (Å²) in [6, 6.07) is 28.2. The summed E-state index contributed by atoms with van der Waals surface area (Å²) in [5.41, 5.74) is 6.63. The molecule has 0 unspecified atom stereocenters. The maximum Gasteiger partial charge on any atom is 0.171 e. The molecule has 0 aliphatic carbocycles. The van der Waals surface area contributed by atoms with Gasteiger partial charge in [0.1, 0.15) is 0 Å². The molecule has 8 heteroatoms. The molecule has 0 heterocycles. The molecule has 0 aromatic heterocycles. The second-order valence-corrected chi connectivity index (χ2v) is 19.7. The summed E-state index contributed by atoms with van der Waals surface area (Å²) in [7, 11) is -7.94. The lowest BCUT2D eigenvalue weighted by Crippen LogP contribution is -2.30. The fourth-order valence-electron chi connectivity index (χ4n) is 7.54. The van der Waals surface area contributed by atoms with Gasteiger partial charge < -0.3 is 29.6 Å². The Bertz CT molecular complexity index is 2150. The predicted molar refractivity (Wildman–Crippen MR) is 215 cm³/mol. The molecule has 6 aromatic carbocycles. The van der Waals surface area contributed by atoms with Crippen LogP contribution in [0.1, 0.15) is 44.5 Å². The van der Waals surface area contributed by atoms with E-state index in [1.165, 1.54) is 24.3 Å². The number of phenols is 4. The van der Waals surface area contributed by atoms with Gasteiger partial charge in [0.15, 0.2) is 37.3 Å². The van der Waals surface area contributed by atoms with Crippen LogP contribution >= 0.6 is 14.3 Å². The van der Waals surface area contributed by atoms with Gasteiger partial charge in [-0.2, -0.15) is 0 Å². The summed E-state index contributed by atoms with van der Waals surface area (Å²) in [6.07, 6.45) is 0. The lowest BCUT2D eigenvalue weighted by Gasteiger charge is -2.29. The van der Waals surface area contributed by atoms with Crippen molar-refractivity contribution in [2.75, 3.05) is 0 Å². The quantitative estimate of drug-likeness (QED) is 0.0981. The van der Waals surface area contributed by atoms with E-state index in [9.17, 15) is 20.4 Å². The van der Waals surface area contributed by atoms with Gasteiger partial charge in [0, 0.05) is 43.0 Å². The topological polar surface area (TPSA) is 115 Å². The Morgan fingerprint density at radius 1 is 0.346 bits per heavy atom. The number of hydrogen-bond donors (Lipinski definition) is 4. The molecule has 6 rings (SSSR count). The first-order valence-electron chi connectivity index (χ1n) is 17.1. The molecule has 0 radical (unpaired) electrons. The minimum atomic E-state index is -3.97. The van der Waals surface area contributed by atoms with Gasteiger partial charge in [-0.15, -0.1) is 0 Å². The maximum absolute atomic E-state index is 16.4. The van der Waals surface area contributed by atoms with E-state index >= 15 is 9.13 Å². The molecule has 0 saturated carbocycles. The molecule has 0 spiro atoms. The molecule has 0 fully saturated rings. The molecule has 0 aliphatic heterocycles. The van der Waals surface area contributed by atoms with Crippen molar-refractivity contribution in [3.63, 3.8) is 0 Å². The highest BCUT2D eigenvalue weighted by Gasteiger charge is 2.41. The van der Waals surface area contributed by atoms with Crippen molar-refractivity contribution >= 4 is 46.1 Å². The number of benzene rings is 6.